The predicted octanol–water partition coefficient (Wildman–Crippen LogP) is 1.16. The van der Waals surface area contributed by atoms with Crippen LogP contribution >= 0.6 is 0 Å². The molecule has 0 bridgehead atoms. The lowest BCUT2D eigenvalue weighted by atomic mass is 10.2. The van der Waals surface area contributed by atoms with Gasteiger partial charge in [-0.2, -0.15) is 0 Å². The summed E-state index contributed by atoms with van der Waals surface area (Å²) in [7, 11) is 2.87. The van der Waals surface area contributed by atoms with Crippen molar-refractivity contribution in [2.75, 3.05) is 25.7 Å². The molecule has 1 fully saturated rings. The van der Waals surface area contributed by atoms with Crippen molar-refractivity contribution in [3.8, 4) is 5.75 Å². The van der Waals surface area contributed by atoms with Crippen molar-refractivity contribution < 1.29 is 19.1 Å². The van der Waals surface area contributed by atoms with Crippen molar-refractivity contribution in [2.45, 2.75) is 12.5 Å². The first-order valence-corrected chi connectivity index (χ1v) is 5.93. The van der Waals surface area contributed by atoms with E-state index in [0.29, 0.717) is 12.3 Å². The molecule has 1 N–H and O–H groups in total. The summed E-state index contributed by atoms with van der Waals surface area (Å²) in [5, 5.41) is 2.63. The first-order chi connectivity index (χ1) is 9.13. The lowest BCUT2D eigenvalue weighted by molar-refractivity contribution is -0.117. The van der Waals surface area contributed by atoms with Gasteiger partial charge in [0.15, 0.2) is 0 Å². The van der Waals surface area contributed by atoms with Crippen molar-refractivity contribution >= 4 is 17.7 Å². The monoisotopic (exact) mass is 264 g/mol. The van der Waals surface area contributed by atoms with E-state index in [4.69, 9.17) is 4.74 Å². The van der Waals surface area contributed by atoms with Crippen molar-refractivity contribution in [3.05, 3.63) is 24.3 Å². The van der Waals surface area contributed by atoms with Gasteiger partial charge in [-0.3, -0.25) is 4.79 Å². The zero-order valence-corrected chi connectivity index (χ0v) is 10.9. The Hall–Kier alpha value is -2.24. The molecule has 1 heterocycles. The molecule has 0 saturated carbocycles. The molecule has 1 aliphatic rings. The summed E-state index contributed by atoms with van der Waals surface area (Å²) >= 11 is 0. The summed E-state index contributed by atoms with van der Waals surface area (Å²) in [6.07, 6.45) is -0.253. The van der Waals surface area contributed by atoms with Gasteiger partial charge in [-0.05, 0) is 12.1 Å². The van der Waals surface area contributed by atoms with Gasteiger partial charge in [-0.25, -0.2) is 4.79 Å². The van der Waals surface area contributed by atoms with Gasteiger partial charge in [0.05, 0.1) is 20.3 Å². The second-order valence-corrected chi connectivity index (χ2v) is 4.24. The summed E-state index contributed by atoms with van der Waals surface area (Å²) < 4.78 is 9.66. The van der Waals surface area contributed by atoms with Gasteiger partial charge in [0.2, 0.25) is 5.91 Å². The molecule has 0 unspecified atom stereocenters. The zero-order valence-electron chi connectivity index (χ0n) is 10.9. The smallest absolute Gasteiger partial charge is 0.407 e. The highest BCUT2D eigenvalue weighted by molar-refractivity contribution is 5.96. The van der Waals surface area contributed by atoms with Crippen molar-refractivity contribution in [3.63, 3.8) is 0 Å². The third kappa shape index (κ3) is 2.96. The highest BCUT2D eigenvalue weighted by Gasteiger charge is 2.31. The molecule has 1 aromatic carbocycles. The predicted molar refractivity (Wildman–Crippen MR) is 69.3 cm³/mol. The first-order valence-electron chi connectivity index (χ1n) is 5.93. The topological polar surface area (TPSA) is 67.9 Å². The average molecular weight is 264 g/mol. The van der Waals surface area contributed by atoms with E-state index in [-0.39, 0.29) is 18.4 Å². The number of nitrogens with one attached hydrogen (secondary N) is 1. The summed E-state index contributed by atoms with van der Waals surface area (Å²) in [5.41, 5.74) is 0.763. The molecule has 2 amide bonds. The molecule has 102 valence electrons. The van der Waals surface area contributed by atoms with Crippen LogP contribution in [-0.2, 0) is 9.53 Å². The van der Waals surface area contributed by atoms with Gasteiger partial charge in [-0.15, -0.1) is 0 Å². The van der Waals surface area contributed by atoms with Gasteiger partial charge in [0.1, 0.15) is 5.75 Å². The Kier molecular flexibility index (Phi) is 3.89. The standard InChI is InChI=1S/C13H16N2O4/c1-18-11-5-3-4-10(7-11)15-8-9(6-12(15)16)14-13(17)19-2/h3-5,7,9H,6,8H2,1-2H3,(H,14,17)/t9-/m1/s1. The Bertz CT molecular complexity index is 489. The molecule has 0 aliphatic carbocycles. The number of nitrogens with zero attached hydrogens (tertiary/aromatic N) is 1. The van der Waals surface area contributed by atoms with Crippen LogP contribution in [0.2, 0.25) is 0 Å². The van der Waals surface area contributed by atoms with Crippen molar-refractivity contribution in [2.24, 2.45) is 0 Å². The molecular formula is C13H16N2O4. The van der Waals surface area contributed by atoms with E-state index < -0.39 is 6.09 Å². The fraction of sp³-hybridized carbons (Fsp3) is 0.385. The third-order valence-electron chi connectivity index (χ3n) is 3.00. The van der Waals surface area contributed by atoms with E-state index in [1.807, 2.05) is 18.2 Å². The number of anilines is 1. The molecule has 0 spiro atoms. The first kappa shape index (κ1) is 13.2. The van der Waals surface area contributed by atoms with Crippen LogP contribution in [0, 0.1) is 0 Å². The van der Waals surface area contributed by atoms with Crippen molar-refractivity contribution in [1.29, 1.82) is 0 Å². The number of rotatable bonds is 3. The minimum atomic E-state index is -0.523. The van der Waals surface area contributed by atoms with Crippen LogP contribution in [0.1, 0.15) is 6.42 Å². The van der Waals surface area contributed by atoms with E-state index in [2.05, 4.69) is 10.1 Å². The van der Waals surface area contributed by atoms with Crippen LogP contribution in [0.15, 0.2) is 24.3 Å². The number of hydrogen-bond donors (Lipinski definition) is 1. The van der Waals surface area contributed by atoms with Crippen LogP contribution in [0.4, 0.5) is 10.5 Å². The Balaban J connectivity index is 2.08. The maximum Gasteiger partial charge on any atom is 0.407 e. The number of benzene rings is 1. The molecule has 1 aromatic rings. The number of ether oxygens (including phenoxy) is 2. The lowest BCUT2D eigenvalue weighted by Gasteiger charge is -2.17. The molecule has 6 nitrogen and oxygen atoms in total. The highest BCUT2D eigenvalue weighted by Crippen LogP contribution is 2.25. The van der Waals surface area contributed by atoms with Crippen LogP contribution in [0.25, 0.3) is 0 Å². The lowest BCUT2D eigenvalue weighted by Crippen LogP contribution is -2.37. The Morgan fingerprint density at radius 1 is 1.42 bits per heavy atom. The van der Waals surface area contributed by atoms with Gasteiger partial charge in [0, 0.05) is 24.7 Å². The Labute approximate surface area is 111 Å². The number of alkyl carbamates (subject to hydrolysis) is 1. The van der Waals surface area contributed by atoms with E-state index in [9.17, 15) is 9.59 Å². The van der Waals surface area contributed by atoms with Gasteiger partial charge < -0.3 is 19.7 Å². The molecule has 6 heteroatoms. The van der Waals surface area contributed by atoms with Gasteiger partial charge >= 0.3 is 6.09 Å². The minimum absolute atomic E-state index is 0.0327. The van der Waals surface area contributed by atoms with Crippen LogP contribution < -0.4 is 15.0 Å². The Morgan fingerprint density at radius 2 is 2.21 bits per heavy atom. The van der Waals surface area contributed by atoms with Gasteiger partial charge in [0.25, 0.3) is 0 Å². The molecule has 2 rings (SSSR count). The highest BCUT2D eigenvalue weighted by atomic mass is 16.5. The quantitative estimate of drug-likeness (QED) is 0.889. The van der Waals surface area contributed by atoms with E-state index in [1.54, 1.807) is 18.1 Å². The summed E-state index contributed by atoms with van der Waals surface area (Å²) in [5.74, 6) is 0.657. The van der Waals surface area contributed by atoms with Crippen LogP contribution in [0.3, 0.4) is 0 Å². The number of hydrogen-bond acceptors (Lipinski definition) is 4. The summed E-state index contributed by atoms with van der Waals surface area (Å²) in [4.78, 5) is 24.7. The molecule has 0 aromatic heterocycles. The van der Waals surface area contributed by atoms with E-state index in [1.165, 1.54) is 7.11 Å². The van der Waals surface area contributed by atoms with E-state index >= 15 is 0 Å². The average Bonchev–Trinajstić information content (AvgIpc) is 2.79. The van der Waals surface area contributed by atoms with E-state index in [0.717, 1.165) is 5.69 Å². The fourth-order valence-electron chi connectivity index (χ4n) is 2.06. The largest absolute Gasteiger partial charge is 0.497 e. The SMILES string of the molecule is COC(=O)N[C@@H]1CC(=O)N(c2cccc(OC)c2)C1. The normalized spacial score (nSPS) is 18.3. The zero-order chi connectivity index (χ0) is 13.8. The maximum atomic E-state index is 11.9. The van der Waals surface area contributed by atoms with Crippen LogP contribution in [0.5, 0.6) is 5.75 Å². The van der Waals surface area contributed by atoms with Crippen molar-refractivity contribution in [1.82, 2.24) is 5.32 Å². The number of carbonyl (C=O) groups excluding carboxylic acids is 2. The Morgan fingerprint density at radius 3 is 2.89 bits per heavy atom. The molecule has 19 heavy (non-hydrogen) atoms. The van der Waals surface area contributed by atoms with Gasteiger partial charge in [-0.1, -0.05) is 6.07 Å². The summed E-state index contributed by atoms with van der Waals surface area (Å²) in [6, 6.07) is 7.03. The number of carbonyl (C=O) groups is 2. The molecule has 1 atom stereocenters. The molecule has 1 aliphatic heterocycles. The molecular weight excluding hydrogens is 248 g/mol. The second kappa shape index (κ2) is 5.60. The second-order valence-electron chi connectivity index (χ2n) is 4.24. The molecule has 0 radical (unpaired) electrons. The van der Waals surface area contributed by atoms with Crippen LogP contribution in [-0.4, -0.2) is 38.8 Å². The molecule has 1 saturated heterocycles. The summed E-state index contributed by atoms with van der Waals surface area (Å²) in [6.45, 7) is 0.432. The minimum Gasteiger partial charge on any atom is -0.497 e. The maximum absolute atomic E-state index is 11.9. The number of amides is 2. The third-order valence-corrected chi connectivity index (χ3v) is 3.00. The fourth-order valence-corrected chi connectivity index (χ4v) is 2.06. The number of methoxy groups -OCH3 is 2.